The fraction of sp³-hybridized carbons (Fsp3) is 0.529. The van der Waals surface area contributed by atoms with Crippen molar-refractivity contribution in [3.8, 4) is 5.88 Å². The van der Waals surface area contributed by atoms with Crippen LogP contribution in [0.25, 0.3) is 0 Å². The SMILES string of the molecule is Clc1cnc(N2CCC(COc3cc(C4CC4)ncn3)CC2)nc1. The molecule has 1 aliphatic heterocycles. The zero-order valence-corrected chi connectivity index (χ0v) is 14.2. The van der Waals surface area contributed by atoms with E-state index in [-0.39, 0.29) is 0 Å². The molecular formula is C17H20ClN5O. The minimum atomic E-state index is 0.535. The van der Waals surface area contributed by atoms with Crippen molar-refractivity contribution in [2.45, 2.75) is 31.6 Å². The molecule has 4 rings (SSSR count). The average molecular weight is 346 g/mol. The van der Waals surface area contributed by atoms with Gasteiger partial charge in [-0.15, -0.1) is 0 Å². The molecule has 3 heterocycles. The predicted molar refractivity (Wildman–Crippen MR) is 91.5 cm³/mol. The molecule has 0 bridgehead atoms. The summed E-state index contributed by atoms with van der Waals surface area (Å²) in [4.78, 5) is 19.3. The second-order valence-electron chi connectivity index (χ2n) is 6.50. The van der Waals surface area contributed by atoms with Crippen LogP contribution in [0.2, 0.25) is 5.02 Å². The lowest BCUT2D eigenvalue weighted by Gasteiger charge is -2.31. The molecule has 2 aromatic rings. The Morgan fingerprint density at radius 1 is 1.04 bits per heavy atom. The van der Waals surface area contributed by atoms with E-state index in [2.05, 4.69) is 24.8 Å². The number of ether oxygens (including phenoxy) is 1. The van der Waals surface area contributed by atoms with Crippen LogP contribution in [0.3, 0.4) is 0 Å². The molecule has 7 heteroatoms. The third-order valence-electron chi connectivity index (χ3n) is 4.63. The number of piperidine rings is 1. The van der Waals surface area contributed by atoms with Gasteiger partial charge in [-0.05, 0) is 31.6 Å². The average Bonchev–Trinajstić information content (AvgIpc) is 3.47. The van der Waals surface area contributed by atoms with E-state index in [0.717, 1.165) is 37.6 Å². The molecule has 0 unspecified atom stereocenters. The van der Waals surface area contributed by atoms with Gasteiger partial charge < -0.3 is 9.64 Å². The zero-order valence-electron chi connectivity index (χ0n) is 13.4. The first-order chi connectivity index (χ1) is 11.8. The van der Waals surface area contributed by atoms with Crippen molar-refractivity contribution in [1.29, 1.82) is 0 Å². The Kier molecular flexibility index (Phi) is 4.47. The number of anilines is 1. The first-order valence-corrected chi connectivity index (χ1v) is 8.83. The minimum absolute atomic E-state index is 0.535. The van der Waals surface area contributed by atoms with Crippen LogP contribution in [-0.2, 0) is 0 Å². The minimum Gasteiger partial charge on any atom is -0.477 e. The van der Waals surface area contributed by atoms with Crippen molar-refractivity contribution < 1.29 is 4.74 Å². The van der Waals surface area contributed by atoms with E-state index in [1.54, 1.807) is 18.7 Å². The fourth-order valence-corrected chi connectivity index (χ4v) is 3.10. The number of rotatable bonds is 5. The third kappa shape index (κ3) is 3.75. The molecule has 0 radical (unpaired) electrons. The second-order valence-corrected chi connectivity index (χ2v) is 6.93. The van der Waals surface area contributed by atoms with Crippen molar-refractivity contribution >= 4 is 17.5 Å². The molecule has 0 atom stereocenters. The highest BCUT2D eigenvalue weighted by Crippen LogP contribution is 2.39. The molecule has 6 nitrogen and oxygen atoms in total. The van der Waals surface area contributed by atoms with E-state index in [9.17, 15) is 0 Å². The highest BCUT2D eigenvalue weighted by Gasteiger charge is 2.26. The van der Waals surface area contributed by atoms with Crippen molar-refractivity contribution in [3.05, 3.63) is 35.5 Å². The van der Waals surface area contributed by atoms with Gasteiger partial charge in [0.2, 0.25) is 11.8 Å². The van der Waals surface area contributed by atoms with Crippen LogP contribution < -0.4 is 9.64 Å². The van der Waals surface area contributed by atoms with Gasteiger partial charge in [0.1, 0.15) is 6.33 Å². The molecule has 2 fully saturated rings. The molecule has 1 saturated carbocycles. The van der Waals surface area contributed by atoms with Gasteiger partial charge in [0, 0.05) is 25.1 Å². The Bertz CT molecular complexity index is 684. The predicted octanol–water partition coefficient (Wildman–Crippen LogP) is 3.09. The maximum Gasteiger partial charge on any atom is 0.225 e. The van der Waals surface area contributed by atoms with Gasteiger partial charge in [-0.25, -0.2) is 19.9 Å². The molecule has 1 aliphatic carbocycles. The van der Waals surface area contributed by atoms with Gasteiger partial charge >= 0.3 is 0 Å². The molecule has 0 aromatic carbocycles. The molecule has 2 aromatic heterocycles. The second kappa shape index (κ2) is 6.89. The molecule has 0 amide bonds. The topological polar surface area (TPSA) is 64.0 Å². The molecule has 24 heavy (non-hydrogen) atoms. The maximum absolute atomic E-state index is 5.90. The number of halogens is 1. The summed E-state index contributed by atoms with van der Waals surface area (Å²) in [6.07, 6.45) is 9.50. The lowest BCUT2D eigenvalue weighted by atomic mass is 9.98. The Morgan fingerprint density at radius 2 is 1.79 bits per heavy atom. The molecule has 0 N–H and O–H groups in total. The lowest BCUT2D eigenvalue weighted by Crippen LogP contribution is -2.36. The largest absolute Gasteiger partial charge is 0.477 e. The maximum atomic E-state index is 5.90. The summed E-state index contributed by atoms with van der Waals surface area (Å²) in [5.74, 6) is 2.62. The Morgan fingerprint density at radius 3 is 2.50 bits per heavy atom. The first-order valence-electron chi connectivity index (χ1n) is 8.45. The van der Waals surface area contributed by atoms with Gasteiger partial charge in [0.05, 0.1) is 29.7 Å². The monoisotopic (exact) mass is 345 g/mol. The molecule has 0 spiro atoms. The summed E-state index contributed by atoms with van der Waals surface area (Å²) < 4.78 is 5.90. The van der Waals surface area contributed by atoms with Gasteiger partial charge in [0.15, 0.2) is 0 Å². The Hall–Kier alpha value is -1.95. The van der Waals surface area contributed by atoms with Crippen LogP contribution in [0.15, 0.2) is 24.8 Å². The van der Waals surface area contributed by atoms with Crippen LogP contribution in [0.4, 0.5) is 5.95 Å². The van der Waals surface area contributed by atoms with Crippen LogP contribution in [0, 0.1) is 5.92 Å². The summed E-state index contributed by atoms with van der Waals surface area (Å²) in [7, 11) is 0. The number of nitrogens with zero attached hydrogens (tertiary/aromatic N) is 5. The molecule has 1 saturated heterocycles. The van der Waals surface area contributed by atoms with Crippen molar-refractivity contribution in [2.75, 3.05) is 24.6 Å². The molecule has 126 valence electrons. The van der Waals surface area contributed by atoms with E-state index in [0.29, 0.717) is 29.3 Å². The van der Waals surface area contributed by atoms with Crippen molar-refractivity contribution in [2.24, 2.45) is 5.92 Å². The third-order valence-corrected chi connectivity index (χ3v) is 4.82. The van der Waals surface area contributed by atoms with Gasteiger partial charge in [-0.3, -0.25) is 0 Å². The van der Waals surface area contributed by atoms with E-state index in [1.807, 2.05) is 6.07 Å². The highest BCUT2D eigenvalue weighted by atomic mass is 35.5. The molecule has 2 aliphatic rings. The highest BCUT2D eigenvalue weighted by molar-refractivity contribution is 6.30. The molecular weight excluding hydrogens is 326 g/mol. The Balaban J connectivity index is 1.27. The van der Waals surface area contributed by atoms with Crippen molar-refractivity contribution in [3.63, 3.8) is 0 Å². The normalized spacial score (nSPS) is 18.6. The van der Waals surface area contributed by atoms with E-state index < -0.39 is 0 Å². The number of hydrogen-bond acceptors (Lipinski definition) is 6. The zero-order chi connectivity index (χ0) is 16.4. The van der Waals surface area contributed by atoms with E-state index in [1.165, 1.54) is 12.8 Å². The first kappa shape index (κ1) is 15.6. The van der Waals surface area contributed by atoms with Crippen LogP contribution in [-0.4, -0.2) is 39.6 Å². The summed E-state index contributed by atoms with van der Waals surface area (Å²) in [6.45, 7) is 2.58. The smallest absolute Gasteiger partial charge is 0.225 e. The fourth-order valence-electron chi connectivity index (χ4n) is 3.01. The summed E-state index contributed by atoms with van der Waals surface area (Å²) >= 11 is 5.84. The van der Waals surface area contributed by atoms with Crippen LogP contribution in [0.5, 0.6) is 5.88 Å². The Labute approximate surface area is 146 Å². The van der Waals surface area contributed by atoms with Gasteiger partial charge in [-0.1, -0.05) is 11.6 Å². The summed E-state index contributed by atoms with van der Waals surface area (Å²) in [5.41, 5.74) is 1.12. The van der Waals surface area contributed by atoms with Crippen molar-refractivity contribution in [1.82, 2.24) is 19.9 Å². The van der Waals surface area contributed by atoms with Crippen LogP contribution >= 0.6 is 11.6 Å². The van der Waals surface area contributed by atoms with E-state index in [4.69, 9.17) is 16.3 Å². The van der Waals surface area contributed by atoms with Gasteiger partial charge in [0.25, 0.3) is 0 Å². The number of aromatic nitrogens is 4. The quantitative estimate of drug-likeness (QED) is 0.829. The van der Waals surface area contributed by atoms with Gasteiger partial charge in [-0.2, -0.15) is 0 Å². The van der Waals surface area contributed by atoms with E-state index >= 15 is 0 Å². The summed E-state index contributed by atoms with van der Waals surface area (Å²) in [6, 6.07) is 1.99. The standard InChI is InChI=1S/C17H20ClN5O/c18-14-8-19-17(20-9-14)23-5-3-12(4-6-23)10-24-16-7-15(13-1-2-13)21-11-22-16/h7-9,11-13H,1-6,10H2. The number of hydrogen-bond donors (Lipinski definition) is 0. The lowest BCUT2D eigenvalue weighted by molar-refractivity contribution is 0.215. The summed E-state index contributed by atoms with van der Waals surface area (Å²) in [5, 5.41) is 0.567. The van der Waals surface area contributed by atoms with Crippen LogP contribution in [0.1, 0.15) is 37.3 Å².